The van der Waals surface area contributed by atoms with Gasteiger partial charge in [0.05, 0.1) is 12.0 Å². The van der Waals surface area contributed by atoms with Gasteiger partial charge in [0.2, 0.25) is 15.8 Å². The number of H-pyrrole nitrogens is 1. The molecule has 0 radical (unpaired) electrons. The van der Waals surface area contributed by atoms with E-state index in [9.17, 15) is 18.0 Å². The average molecular weight is 303 g/mol. The van der Waals surface area contributed by atoms with Gasteiger partial charge < -0.3 is 9.72 Å². The summed E-state index contributed by atoms with van der Waals surface area (Å²) in [6.45, 7) is 1.74. The Morgan fingerprint density at radius 1 is 1.58 bits per heavy atom. The lowest BCUT2D eigenvalue weighted by Gasteiger charge is -1.99. The van der Waals surface area contributed by atoms with Crippen molar-refractivity contribution in [2.75, 3.05) is 6.61 Å². The van der Waals surface area contributed by atoms with E-state index in [2.05, 4.69) is 9.97 Å². The van der Waals surface area contributed by atoms with Crippen LogP contribution in [0.5, 0.6) is 0 Å². The summed E-state index contributed by atoms with van der Waals surface area (Å²) in [6.07, 6.45) is 0. The summed E-state index contributed by atoms with van der Waals surface area (Å²) >= 11 is 0.716. The molecule has 2 heterocycles. The van der Waals surface area contributed by atoms with Crippen molar-refractivity contribution in [2.24, 2.45) is 5.14 Å². The van der Waals surface area contributed by atoms with Crippen molar-refractivity contribution in [1.82, 2.24) is 9.97 Å². The normalized spacial score (nSPS) is 11.7. The molecule has 2 aromatic rings. The zero-order valence-corrected chi connectivity index (χ0v) is 11.3. The molecular formula is C9H9N3O5S2. The molecule has 0 aliphatic heterocycles. The molecule has 0 aromatic carbocycles. The fourth-order valence-electron chi connectivity index (χ4n) is 1.35. The number of nitrogens with one attached hydrogen (secondary N) is 1. The third-order valence-electron chi connectivity index (χ3n) is 2.13. The van der Waals surface area contributed by atoms with Crippen LogP contribution in [0.2, 0.25) is 0 Å². The van der Waals surface area contributed by atoms with Gasteiger partial charge in [0, 0.05) is 0 Å². The topological polar surface area (TPSA) is 132 Å². The summed E-state index contributed by atoms with van der Waals surface area (Å²) in [6, 6.07) is 1.12. The van der Waals surface area contributed by atoms with Gasteiger partial charge in [-0.3, -0.25) is 4.79 Å². The van der Waals surface area contributed by atoms with E-state index >= 15 is 0 Å². The van der Waals surface area contributed by atoms with E-state index in [4.69, 9.17) is 9.88 Å². The number of ether oxygens (including phenoxy) is 1. The van der Waals surface area contributed by atoms with E-state index < -0.39 is 21.6 Å². The molecule has 0 aliphatic carbocycles. The van der Waals surface area contributed by atoms with Crippen molar-refractivity contribution in [2.45, 2.75) is 11.1 Å². The second-order valence-corrected chi connectivity index (χ2v) is 6.28. The lowest BCUT2D eigenvalue weighted by molar-refractivity contribution is 0.0512. The lowest BCUT2D eigenvalue weighted by atomic mass is 10.4. The molecule has 0 fully saturated rings. The molecule has 0 amide bonds. The van der Waals surface area contributed by atoms with E-state index in [1.807, 2.05) is 0 Å². The number of fused-ring (bicyclic) bond motifs is 1. The number of hydrogen-bond acceptors (Lipinski definition) is 7. The monoisotopic (exact) mass is 303 g/mol. The van der Waals surface area contributed by atoms with Crippen LogP contribution in [0.25, 0.3) is 10.2 Å². The Balaban J connectivity index is 2.64. The fraction of sp³-hybridized carbons (Fsp3) is 0.222. The zero-order chi connectivity index (χ0) is 14.2. The smallest absolute Gasteiger partial charge is 0.374 e. The Morgan fingerprint density at radius 2 is 2.26 bits per heavy atom. The molecule has 0 atom stereocenters. The molecule has 10 heteroatoms. The van der Waals surface area contributed by atoms with Crippen LogP contribution >= 0.6 is 11.3 Å². The molecule has 0 saturated heterocycles. The largest absolute Gasteiger partial charge is 0.460 e. The van der Waals surface area contributed by atoms with E-state index in [-0.39, 0.29) is 26.9 Å². The van der Waals surface area contributed by atoms with Crippen LogP contribution < -0.4 is 10.7 Å². The van der Waals surface area contributed by atoms with Gasteiger partial charge in [0.1, 0.15) is 9.04 Å². The van der Waals surface area contributed by atoms with Crippen LogP contribution in [0, 0.1) is 0 Å². The minimum Gasteiger partial charge on any atom is -0.460 e. The SMILES string of the molecule is CCOC(=O)c1nc2sc(S(N)(=O)=O)cc2c(=O)[nH]1. The van der Waals surface area contributed by atoms with E-state index in [0.717, 1.165) is 6.07 Å². The minimum absolute atomic E-state index is 0.0575. The number of thiophene rings is 1. The van der Waals surface area contributed by atoms with Crippen molar-refractivity contribution < 1.29 is 17.9 Å². The molecule has 2 aromatic heterocycles. The minimum atomic E-state index is -3.92. The van der Waals surface area contributed by atoms with Gasteiger partial charge in [-0.1, -0.05) is 0 Å². The molecule has 0 unspecified atom stereocenters. The van der Waals surface area contributed by atoms with Gasteiger partial charge in [0.15, 0.2) is 0 Å². The van der Waals surface area contributed by atoms with Crippen molar-refractivity contribution in [3.05, 3.63) is 22.2 Å². The van der Waals surface area contributed by atoms with Crippen LogP contribution in [0.15, 0.2) is 15.1 Å². The van der Waals surface area contributed by atoms with Gasteiger partial charge in [-0.25, -0.2) is 23.3 Å². The summed E-state index contributed by atoms with van der Waals surface area (Å²) in [5.74, 6) is -1.06. The Hall–Kier alpha value is -1.78. The summed E-state index contributed by atoms with van der Waals surface area (Å²) < 4.78 is 26.9. The molecule has 2 rings (SSSR count). The van der Waals surface area contributed by atoms with Crippen molar-refractivity contribution in [3.8, 4) is 0 Å². The fourth-order valence-corrected chi connectivity index (χ4v) is 3.10. The molecule has 102 valence electrons. The van der Waals surface area contributed by atoms with Crippen LogP contribution in [-0.4, -0.2) is 31.0 Å². The highest BCUT2D eigenvalue weighted by Crippen LogP contribution is 2.24. The standard InChI is InChI=1S/C9H9N3O5S2/c1-2-17-9(14)6-11-7(13)4-3-5(19(10,15)16)18-8(4)12-6/h3H,2H2,1H3,(H2,10,15,16)(H,11,12,13). The molecule has 0 saturated carbocycles. The number of hydrogen-bond donors (Lipinski definition) is 2. The zero-order valence-electron chi connectivity index (χ0n) is 9.67. The summed E-state index contributed by atoms with van der Waals surface area (Å²) in [7, 11) is -3.92. The molecule has 8 nitrogen and oxygen atoms in total. The molecule has 0 aliphatic rings. The Bertz CT molecular complexity index is 805. The third kappa shape index (κ3) is 2.64. The van der Waals surface area contributed by atoms with Gasteiger partial charge in [-0.15, -0.1) is 11.3 Å². The van der Waals surface area contributed by atoms with Crippen LogP contribution in [0.3, 0.4) is 0 Å². The number of primary sulfonamides is 1. The number of esters is 1. The Kier molecular flexibility index (Phi) is 3.39. The summed E-state index contributed by atoms with van der Waals surface area (Å²) in [5.41, 5.74) is -0.626. The first-order valence-corrected chi connectivity index (χ1v) is 7.43. The highest BCUT2D eigenvalue weighted by atomic mass is 32.2. The second kappa shape index (κ2) is 4.72. The maximum absolute atomic E-state index is 11.7. The Labute approximate surface area is 111 Å². The number of rotatable bonds is 3. The first-order valence-electron chi connectivity index (χ1n) is 5.06. The van der Waals surface area contributed by atoms with Crippen molar-refractivity contribution in [3.63, 3.8) is 0 Å². The van der Waals surface area contributed by atoms with Crippen LogP contribution in [0.1, 0.15) is 17.5 Å². The maximum atomic E-state index is 11.7. The number of aromatic nitrogens is 2. The van der Waals surface area contributed by atoms with E-state index in [1.165, 1.54) is 0 Å². The number of carbonyl (C=O) groups is 1. The molecular weight excluding hydrogens is 294 g/mol. The van der Waals surface area contributed by atoms with Gasteiger partial charge in [-0.2, -0.15) is 0 Å². The lowest BCUT2D eigenvalue weighted by Crippen LogP contribution is -2.17. The molecule has 3 N–H and O–H groups in total. The second-order valence-electron chi connectivity index (χ2n) is 3.46. The van der Waals surface area contributed by atoms with Gasteiger partial charge >= 0.3 is 5.97 Å². The maximum Gasteiger partial charge on any atom is 0.374 e. The molecule has 0 spiro atoms. The third-order valence-corrected chi connectivity index (χ3v) is 4.58. The van der Waals surface area contributed by atoms with Crippen molar-refractivity contribution in [1.29, 1.82) is 0 Å². The van der Waals surface area contributed by atoms with Crippen LogP contribution in [-0.2, 0) is 14.8 Å². The predicted octanol–water partition coefficient (Wildman–Crippen LogP) is -0.191. The number of nitrogens with two attached hydrogens (primary N) is 1. The molecule has 0 bridgehead atoms. The first kappa shape index (κ1) is 13.6. The van der Waals surface area contributed by atoms with E-state index in [1.54, 1.807) is 6.92 Å². The average Bonchev–Trinajstić information content (AvgIpc) is 2.73. The first-order chi connectivity index (χ1) is 8.82. The quantitative estimate of drug-likeness (QED) is 0.755. The number of sulfonamides is 1. The molecule has 19 heavy (non-hydrogen) atoms. The highest BCUT2D eigenvalue weighted by Gasteiger charge is 2.18. The Morgan fingerprint density at radius 3 is 2.84 bits per heavy atom. The number of aromatic amines is 1. The predicted molar refractivity (Wildman–Crippen MR) is 67.6 cm³/mol. The number of nitrogens with zero attached hydrogens (tertiary/aromatic N) is 1. The summed E-state index contributed by atoms with van der Waals surface area (Å²) in [5, 5.41) is 5.02. The van der Waals surface area contributed by atoms with Gasteiger partial charge in [0.25, 0.3) is 5.56 Å². The van der Waals surface area contributed by atoms with Gasteiger partial charge in [-0.05, 0) is 13.0 Å². The van der Waals surface area contributed by atoms with E-state index in [0.29, 0.717) is 11.3 Å². The number of carbonyl (C=O) groups excluding carboxylic acids is 1. The highest BCUT2D eigenvalue weighted by molar-refractivity contribution is 7.91. The van der Waals surface area contributed by atoms with Crippen LogP contribution in [0.4, 0.5) is 0 Å². The summed E-state index contributed by atoms with van der Waals surface area (Å²) in [4.78, 5) is 29.4. The van der Waals surface area contributed by atoms with Crippen molar-refractivity contribution >= 4 is 37.5 Å².